The average molecular weight is 335 g/mol. The van der Waals surface area contributed by atoms with Crippen LogP contribution in [0.4, 0.5) is 10.5 Å². The van der Waals surface area contributed by atoms with E-state index in [-0.39, 0.29) is 28.6 Å². The molecule has 0 atom stereocenters. The molecule has 0 radical (unpaired) electrons. The third kappa shape index (κ3) is 5.60. The highest BCUT2D eigenvalue weighted by Gasteiger charge is 2.16. The van der Waals surface area contributed by atoms with Gasteiger partial charge in [0.05, 0.1) is 17.0 Å². The van der Waals surface area contributed by atoms with Crippen LogP contribution in [0.1, 0.15) is 10.4 Å². The number of amides is 2. The summed E-state index contributed by atoms with van der Waals surface area (Å²) in [7, 11) is -1.77. The van der Waals surface area contributed by atoms with Crippen molar-refractivity contribution in [3.05, 3.63) is 28.8 Å². The van der Waals surface area contributed by atoms with Crippen LogP contribution in [0.15, 0.2) is 18.2 Å². The number of hydrogen-bond donors (Lipinski definition) is 2. The fourth-order valence-corrected chi connectivity index (χ4v) is 2.19. The van der Waals surface area contributed by atoms with Gasteiger partial charge in [0, 0.05) is 24.9 Å². The number of sulfone groups is 1. The van der Waals surface area contributed by atoms with E-state index < -0.39 is 21.8 Å². The number of carboxylic acid groups (broad SMARTS) is 1. The summed E-state index contributed by atoms with van der Waals surface area (Å²) in [5.41, 5.74) is -0.0598. The van der Waals surface area contributed by atoms with Crippen LogP contribution >= 0.6 is 11.6 Å². The Morgan fingerprint density at radius 3 is 2.52 bits per heavy atom. The van der Waals surface area contributed by atoms with E-state index in [0.717, 1.165) is 11.2 Å². The second kappa shape index (κ2) is 6.77. The van der Waals surface area contributed by atoms with E-state index in [1.165, 1.54) is 25.2 Å². The van der Waals surface area contributed by atoms with Crippen LogP contribution in [0.3, 0.4) is 0 Å². The van der Waals surface area contributed by atoms with Gasteiger partial charge in [-0.3, -0.25) is 0 Å². The van der Waals surface area contributed by atoms with Gasteiger partial charge >= 0.3 is 12.0 Å². The molecule has 0 aliphatic rings. The number of halogens is 1. The number of nitrogens with zero attached hydrogens (tertiary/aromatic N) is 1. The monoisotopic (exact) mass is 334 g/mol. The second-order valence-corrected chi connectivity index (χ2v) is 7.17. The van der Waals surface area contributed by atoms with Gasteiger partial charge in [0.15, 0.2) is 0 Å². The molecule has 0 aromatic heterocycles. The molecule has 0 aliphatic carbocycles. The van der Waals surface area contributed by atoms with Gasteiger partial charge in [-0.1, -0.05) is 11.6 Å². The Labute approximate surface area is 127 Å². The van der Waals surface area contributed by atoms with Crippen LogP contribution < -0.4 is 5.32 Å². The highest BCUT2D eigenvalue weighted by molar-refractivity contribution is 7.90. The number of nitrogens with one attached hydrogen (secondary N) is 1. The van der Waals surface area contributed by atoms with E-state index in [1.807, 2.05) is 0 Å². The molecule has 0 heterocycles. The maximum absolute atomic E-state index is 11.9. The van der Waals surface area contributed by atoms with Crippen molar-refractivity contribution >= 4 is 39.1 Å². The van der Waals surface area contributed by atoms with Crippen molar-refractivity contribution in [3.8, 4) is 0 Å². The molecule has 21 heavy (non-hydrogen) atoms. The fraction of sp³-hybridized carbons (Fsp3) is 0.333. The van der Waals surface area contributed by atoms with Crippen LogP contribution in [-0.2, 0) is 9.84 Å². The van der Waals surface area contributed by atoms with E-state index in [2.05, 4.69) is 5.32 Å². The first-order valence-corrected chi connectivity index (χ1v) is 8.26. The maximum atomic E-state index is 11.9. The molecule has 1 rings (SSSR count). The van der Waals surface area contributed by atoms with E-state index >= 15 is 0 Å². The van der Waals surface area contributed by atoms with Crippen LogP contribution in [0, 0.1) is 0 Å². The molecule has 1 aromatic carbocycles. The molecule has 0 unspecified atom stereocenters. The van der Waals surface area contributed by atoms with Crippen molar-refractivity contribution < 1.29 is 23.1 Å². The minimum atomic E-state index is -3.19. The SMILES string of the molecule is CN(CCS(C)(=O)=O)C(=O)Nc1ccc(Cl)cc1C(=O)O. The molecular weight excluding hydrogens is 320 g/mol. The summed E-state index contributed by atoms with van der Waals surface area (Å²) in [6.07, 6.45) is 1.07. The highest BCUT2D eigenvalue weighted by Crippen LogP contribution is 2.21. The van der Waals surface area contributed by atoms with Gasteiger partial charge in [0.25, 0.3) is 0 Å². The second-order valence-electron chi connectivity index (χ2n) is 4.48. The summed E-state index contributed by atoms with van der Waals surface area (Å²) in [5, 5.41) is 11.7. The van der Waals surface area contributed by atoms with Crippen LogP contribution in [0.25, 0.3) is 0 Å². The van der Waals surface area contributed by atoms with E-state index in [1.54, 1.807) is 0 Å². The summed E-state index contributed by atoms with van der Waals surface area (Å²) in [6, 6.07) is 3.42. The Kier molecular flexibility index (Phi) is 5.56. The molecule has 7 nitrogen and oxygen atoms in total. The van der Waals surface area contributed by atoms with Gasteiger partial charge in [0.1, 0.15) is 9.84 Å². The zero-order chi connectivity index (χ0) is 16.2. The number of carboxylic acids is 1. The van der Waals surface area contributed by atoms with Crippen molar-refractivity contribution in [3.63, 3.8) is 0 Å². The first kappa shape index (κ1) is 17.3. The number of carbonyl (C=O) groups is 2. The van der Waals surface area contributed by atoms with Gasteiger partial charge in [0.2, 0.25) is 0 Å². The third-order valence-corrected chi connectivity index (χ3v) is 3.76. The van der Waals surface area contributed by atoms with Crippen LogP contribution in [-0.4, -0.2) is 56.0 Å². The van der Waals surface area contributed by atoms with Crippen LogP contribution in [0.2, 0.25) is 5.02 Å². The van der Waals surface area contributed by atoms with Crippen molar-refractivity contribution in [1.29, 1.82) is 0 Å². The average Bonchev–Trinajstić information content (AvgIpc) is 2.36. The molecule has 0 spiro atoms. The third-order valence-electron chi connectivity index (χ3n) is 2.60. The van der Waals surface area contributed by atoms with E-state index in [4.69, 9.17) is 16.7 Å². The lowest BCUT2D eigenvalue weighted by molar-refractivity contribution is 0.0698. The molecule has 116 valence electrons. The predicted octanol–water partition coefficient (Wildman–Crippen LogP) is 1.55. The van der Waals surface area contributed by atoms with Gasteiger partial charge in [-0.05, 0) is 18.2 Å². The van der Waals surface area contributed by atoms with Gasteiger partial charge < -0.3 is 15.3 Å². The molecule has 2 N–H and O–H groups in total. The van der Waals surface area contributed by atoms with Crippen molar-refractivity contribution in [2.24, 2.45) is 0 Å². The minimum absolute atomic E-state index is 0.000656. The summed E-state index contributed by atoms with van der Waals surface area (Å²) < 4.78 is 22.1. The fourth-order valence-electron chi connectivity index (χ4n) is 1.42. The number of urea groups is 1. The molecule has 2 amide bonds. The Morgan fingerprint density at radius 1 is 1.38 bits per heavy atom. The summed E-state index contributed by atoms with van der Waals surface area (Å²) in [6.45, 7) is 0.000656. The number of anilines is 1. The molecule has 0 fully saturated rings. The Morgan fingerprint density at radius 2 is 2.00 bits per heavy atom. The first-order chi connectivity index (χ1) is 9.60. The molecule has 0 aliphatic heterocycles. The zero-order valence-corrected chi connectivity index (χ0v) is 13.0. The van der Waals surface area contributed by atoms with Gasteiger partial charge in [-0.2, -0.15) is 0 Å². The standard InChI is InChI=1S/C12H15ClN2O5S/c1-15(5-6-21(2,19)20)12(18)14-10-4-3-8(13)7-9(10)11(16)17/h3-4,7H,5-6H2,1-2H3,(H,14,18)(H,16,17). The van der Waals surface area contributed by atoms with Gasteiger partial charge in [-0.25, -0.2) is 18.0 Å². The summed E-state index contributed by atoms with van der Waals surface area (Å²) in [4.78, 5) is 24.1. The minimum Gasteiger partial charge on any atom is -0.478 e. The Balaban J connectivity index is 2.81. The Hall–Kier alpha value is -1.80. The van der Waals surface area contributed by atoms with Gasteiger partial charge in [-0.15, -0.1) is 0 Å². The summed E-state index contributed by atoms with van der Waals surface area (Å²) in [5.74, 6) is -1.41. The lowest BCUT2D eigenvalue weighted by atomic mass is 10.2. The zero-order valence-electron chi connectivity index (χ0n) is 11.5. The molecule has 0 saturated heterocycles. The predicted molar refractivity (Wildman–Crippen MR) is 79.8 cm³/mol. The van der Waals surface area contributed by atoms with Crippen molar-refractivity contribution in [1.82, 2.24) is 4.90 Å². The lowest BCUT2D eigenvalue weighted by Gasteiger charge is -2.18. The van der Waals surface area contributed by atoms with E-state index in [9.17, 15) is 18.0 Å². The first-order valence-electron chi connectivity index (χ1n) is 5.83. The number of hydrogen-bond acceptors (Lipinski definition) is 4. The number of aromatic carboxylic acids is 1. The van der Waals surface area contributed by atoms with Crippen molar-refractivity contribution in [2.75, 3.05) is 30.9 Å². The van der Waals surface area contributed by atoms with Crippen molar-refractivity contribution in [2.45, 2.75) is 0 Å². The molecule has 0 saturated carbocycles. The molecule has 1 aromatic rings. The molecule has 0 bridgehead atoms. The number of rotatable bonds is 5. The highest BCUT2D eigenvalue weighted by atomic mass is 35.5. The number of carbonyl (C=O) groups excluding carboxylic acids is 1. The molecule has 9 heteroatoms. The number of benzene rings is 1. The molecular formula is C12H15ClN2O5S. The lowest BCUT2D eigenvalue weighted by Crippen LogP contribution is -2.35. The quantitative estimate of drug-likeness (QED) is 0.850. The summed E-state index contributed by atoms with van der Waals surface area (Å²) >= 11 is 5.71. The topological polar surface area (TPSA) is 104 Å². The maximum Gasteiger partial charge on any atom is 0.337 e. The Bertz CT molecular complexity index is 660. The van der Waals surface area contributed by atoms with E-state index in [0.29, 0.717) is 0 Å². The van der Waals surface area contributed by atoms with Crippen LogP contribution in [0.5, 0.6) is 0 Å². The largest absolute Gasteiger partial charge is 0.478 e. The normalized spacial score (nSPS) is 11.0. The smallest absolute Gasteiger partial charge is 0.337 e.